The molecule has 4 nitrogen and oxygen atoms in total. The van der Waals surface area contributed by atoms with Crippen molar-refractivity contribution in [1.29, 1.82) is 0 Å². The zero-order valence-electron chi connectivity index (χ0n) is 12.4. The lowest BCUT2D eigenvalue weighted by Gasteiger charge is -2.04. The summed E-state index contributed by atoms with van der Waals surface area (Å²) in [6, 6.07) is 7.94. The van der Waals surface area contributed by atoms with Crippen LogP contribution in [0.1, 0.15) is 12.0 Å². The molecule has 0 bridgehead atoms. The first-order chi connectivity index (χ1) is 11.1. The summed E-state index contributed by atoms with van der Waals surface area (Å²) in [6.45, 7) is 2.04. The van der Waals surface area contributed by atoms with Crippen LogP contribution in [0, 0.1) is 12.8 Å². The van der Waals surface area contributed by atoms with Gasteiger partial charge in [-0.1, -0.05) is 17.4 Å². The number of fused-ring (bicyclic) bond motifs is 1. The molecule has 3 aromatic rings. The van der Waals surface area contributed by atoms with Crippen LogP contribution in [0.4, 0.5) is 9.52 Å². The molecule has 1 aliphatic carbocycles. The van der Waals surface area contributed by atoms with Crippen molar-refractivity contribution in [2.24, 2.45) is 5.92 Å². The van der Waals surface area contributed by atoms with E-state index < -0.39 is 12.1 Å². The Balaban J connectivity index is 1.64. The van der Waals surface area contributed by atoms with Crippen molar-refractivity contribution in [2.75, 3.05) is 5.32 Å². The van der Waals surface area contributed by atoms with Crippen LogP contribution in [-0.4, -0.2) is 22.0 Å². The number of hydrogen-bond donors (Lipinski definition) is 1. The van der Waals surface area contributed by atoms with E-state index in [1.54, 1.807) is 6.20 Å². The Morgan fingerprint density at radius 1 is 1.39 bits per heavy atom. The predicted octanol–water partition coefficient (Wildman–Crippen LogP) is 3.96. The molecule has 1 N–H and O–H groups in total. The van der Waals surface area contributed by atoms with Gasteiger partial charge in [0.1, 0.15) is 6.17 Å². The number of halogens is 1. The minimum absolute atomic E-state index is 0.278. The van der Waals surface area contributed by atoms with Crippen LogP contribution in [-0.2, 0) is 4.79 Å². The zero-order valence-corrected chi connectivity index (χ0v) is 13.2. The Bertz CT molecular complexity index is 908. The van der Waals surface area contributed by atoms with Gasteiger partial charge < -0.3 is 5.32 Å². The first kappa shape index (κ1) is 14.3. The van der Waals surface area contributed by atoms with Gasteiger partial charge in [-0.2, -0.15) is 0 Å². The Morgan fingerprint density at radius 3 is 2.96 bits per heavy atom. The summed E-state index contributed by atoms with van der Waals surface area (Å²) < 4.78 is 13.9. The van der Waals surface area contributed by atoms with Crippen molar-refractivity contribution in [1.82, 2.24) is 9.97 Å². The summed E-state index contributed by atoms with van der Waals surface area (Å²) in [5.74, 6) is -0.782. The predicted molar refractivity (Wildman–Crippen MR) is 89.2 cm³/mol. The van der Waals surface area contributed by atoms with Gasteiger partial charge in [0.15, 0.2) is 5.13 Å². The van der Waals surface area contributed by atoms with E-state index in [1.807, 2.05) is 37.4 Å². The van der Waals surface area contributed by atoms with E-state index in [-0.39, 0.29) is 5.91 Å². The third kappa shape index (κ3) is 2.70. The Morgan fingerprint density at radius 2 is 2.22 bits per heavy atom. The van der Waals surface area contributed by atoms with Gasteiger partial charge in [-0.05, 0) is 42.7 Å². The second-order valence-electron chi connectivity index (χ2n) is 5.74. The molecule has 116 valence electrons. The maximum atomic E-state index is 12.9. The first-order valence-corrected chi connectivity index (χ1v) is 8.20. The molecule has 2 aromatic heterocycles. The fourth-order valence-corrected chi connectivity index (χ4v) is 3.45. The summed E-state index contributed by atoms with van der Waals surface area (Å²) in [5.41, 5.74) is 4.12. The van der Waals surface area contributed by atoms with E-state index in [2.05, 4.69) is 15.3 Å². The van der Waals surface area contributed by atoms with E-state index >= 15 is 0 Å². The molecule has 2 atom stereocenters. The van der Waals surface area contributed by atoms with Crippen LogP contribution in [0.25, 0.3) is 21.3 Å². The summed E-state index contributed by atoms with van der Waals surface area (Å²) in [6.07, 6.45) is 2.94. The van der Waals surface area contributed by atoms with E-state index in [1.165, 1.54) is 11.3 Å². The number of aryl methyl sites for hydroxylation is 1. The van der Waals surface area contributed by atoms with Gasteiger partial charge in [-0.25, -0.2) is 9.37 Å². The van der Waals surface area contributed by atoms with Crippen LogP contribution in [0.15, 0.2) is 36.7 Å². The lowest BCUT2D eigenvalue weighted by Crippen LogP contribution is -2.14. The monoisotopic (exact) mass is 327 g/mol. The molecule has 1 unspecified atom stereocenters. The zero-order chi connectivity index (χ0) is 16.0. The highest BCUT2D eigenvalue weighted by Crippen LogP contribution is 2.36. The van der Waals surface area contributed by atoms with E-state index in [9.17, 15) is 9.18 Å². The molecular weight excluding hydrogens is 313 g/mol. The Kier molecular flexibility index (Phi) is 3.34. The largest absolute Gasteiger partial charge is 0.302 e. The molecular formula is C17H14FN3OS. The Hall–Kier alpha value is -2.34. The quantitative estimate of drug-likeness (QED) is 0.792. The molecule has 0 aliphatic heterocycles. The highest BCUT2D eigenvalue weighted by molar-refractivity contribution is 7.22. The van der Waals surface area contributed by atoms with Gasteiger partial charge >= 0.3 is 0 Å². The highest BCUT2D eigenvalue weighted by Gasteiger charge is 2.43. The smallest absolute Gasteiger partial charge is 0.232 e. The van der Waals surface area contributed by atoms with E-state index in [0.29, 0.717) is 11.6 Å². The number of aromatic nitrogens is 2. The van der Waals surface area contributed by atoms with Crippen LogP contribution >= 0.6 is 11.3 Å². The van der Waals surface area contributed by atoms with Gasteiger partial charge in [0.2, 0.25) is 5.91 Å². The molecule has 1 aromatic carbocycles. The molecule has 0 saturated heterocycles. The molecule has 1 amide bonds. The minimum atomic E-state index is -0.996. The minimum Gasteiger partial charge on any atom is -0.302 e. The van der Waals surface area contributed by atoms with Crippen molar-refractivity contribution in [3.8, 4) is 11.1 Å². The number of benzene rings is 1. The van der Waals surface area contributed by atoms with Gasteiger partial charge in [0.05, 0.1) is 16.1 Å². The second-order valence-corrected chi connectivity index (χ2v) is 6.77. The van der Waals surface area contributed by atoms with Gasteiger partial charge in [-0.15, -0.1) is 0 Å². The number of carbonyl (C=O) groups is 1. The molecule has 4 rings (SSSR count). The number of hydrogen-bond acceptors (Lipinski definition) is 4. The Labute approximate surface area is 136 Å². The maximum Gasteiger partial charge on any atom is 0.232 e. The van der Waals surface area contributed by atoms with Crippen molar-refractivity contribution in [3.63, 3.8) is 0 Å². The molecule has 1 fully saturated rings. The topological polar surface area (TPSA) is 54.9 Å². The van der Waals surface area contributed by atoms with Crippen molar-refractivity contribution < 1.29 is 9.18 Å². The van der Waals surface area contributed by atoms with Crippen molar-refractivity contribution in [2.45, 2.75) is 19.5 Å². The number of rotatable bonds is 3. The van der Waals surface area contributed by atoms with Gasteiger partial charge in [0.25, 0.3) is 0 Å². The molecule has 1 saturated carbocycles. The van der Waals surface area contributed by atoms with Crippen LogP contribution in [0.5, 0.6) is 0 Å². The summed E-state index contributed by atoms with van der Waals surface area (Å²) >= 11 is 1.40. The third-order valence-corrected chi connectivity index (χ3v) is 4.95. The molecule has 1 aliphatic rings. The molecule has 23 heavy (non-hydrogen) atoms. The SMILES string of the molecule is Cc1ccncc1-c1ccc2nc(NC(=O)[C@@H]3CC3F)sc2c1. The number of pyridine rings is 1. The van der Waals surface area contributed by atoms with E-state index in [4.69, 9.17) is 0 Å². The van der Waals surface area contributed by atoms with Crippen LogP contribution < -0.4 is 5.32 Å². The fraction of sp³-hybridized carbons (Fsp3) is 0.235. The fourth-order valence-electron chi connectivity index (χ4n) is 2.55. The molecule has 0 radical (unpaired) electrons. The number of thiazole rings is 1. The average Bonchev–Trinajstić information content (AvgIpc) is 3.13. The number of carbonyl (C=O) groups excluding carboxylic acids is 1. The number of nitrogens with one attached hydrogen (secondary N) is 1. The van der Waals surface area contributed by atoms with Crippen LogP contribution in [0.3, 0.4) is 0 Å². The van der Waals surface area contributed by atoms with Gasteiger partial charge in [-0.3, -0.25) is 9.78 Å². The summed E-state index contributed by atoms with van der Waals surface area (Å²) in [5, 5.41) is 3.23. The van der Waals surface area contributed by atoms with Gasteiger partial charge in [0, 0.05) is 18.0 Å². The third-order valence-electron chi connectivity index (χ3n) is 4.02. The van der Waals surface area contributed by atoms with Crippen LogP contribution in [0.2, 0.25) is 0 Å². The summed E-state index contributed by atoms with van der Waals surface area (Å²) in [7, 11) is 0. The summed E-state index contributed by atoms with van der Waals surface area (Å²) in [4.78, 5) is 20.4. The number of anilines is 1. The molecule has 6 heteroatoms. The highest BCUT2D eigenvalue weighted by atomic mass is 32.1. The molecule has 0 spiro atoms. The second kappa shape index (κ2) is 5.38. The van der Waals surface area contributed by atoms with Crippen molar-refractivity contribution in [3.05, 3.63) is 42.2 Å². The normalized spacial score (nSPS) is 19.7. The standard InChI is InChI=1S/C17H14FN3OS/c1-9-4-5-19-8-12(9)10-2-3-14-15(6-10)23-17(20-14)21-16(22)11-7-13(11)18/h2-6,8,11,13H,7H2,1H3,(H,20,21,22)/t11-,13?/m1/s1. The van der Waals surface area contributed by atoms with E-state index in [0.717, 1.165) is 26.9 Å². The number of amides is 1. The van der Waals surface area contributed by atoms with Crippen molar-refractivity contribution >= 4 is 32.6 Å². The average molecular weight is 327 g/mol. The number of nitrogens with zero attached hydrogens (tertiary/aromatic N) is 2. The maximum absolute atomic E-state index is 12.9. The lowest BCUT2D eigenvalue weighted by atomic mass is 10.0. The molecule has 2 heterocycles. The lowest BCUT2D eigenvalue weighted by molar-refractivity contribution is -0.117. The number of alkyl halides is 1. The first-order valence-electron chi connectivity index (χ1n) is 7.38.